The van der Waals surface area contributed by atoms with Crippen LogP contribution in [-0.2, 0) is 4.79 Å². The molecule has 6 heteroatoms. The van der Waals surface area contributed by atoms with E-state index >= 15 is 0 Å². The normalized spacial score (nSPS) is 13.5. The first-order valence-corrected chi connectivity index (χ1v) is 9.71. The highest BCUT2D eigenvalue weighted by Gasteiger charge is 2.19. The molecule has 0 aliphatic carbocycles. The summed E-state index contributed by atoms with van der Waals surface area (Å²) in [6, 6.07) is 14.6. The van der Waals surface area contributed by atoms with Gasteiger partial charge in [-0.2, -0.15) is 0 Å². The molecule has 28 heavy (non-hydrogen) atoms. The van der Waals surface area contributed by atoms with Crippen molar-refractivity contribution in [2.45, 2.75) is 32.8 Å². The molecule has 0 unspecified atom stereocenters. The summed E-state index contributed by atoms with van der Waals surface area (Å²) in [6.07, 6.45) is 2.14. The predicted molar refractivity (Wildman–Crippen MR) is 111 cm³/mol. The number of likely N-dealkylation sites (tertiary alicyclic amines) is 1. The minimum absolute atomic E-state index is 0.0204. The maximum absolute atomic E-state index is 12.5. The summed E-state index contributed by atoms with van der Waals surface area (Å²) in [6.45, 7) is 5.61. The lowest BCUT2D eigenvalue weighted by Crippen LogP contribution is -2.27. The monoisotopic (exact) mass is 381 g/mol. The topological polar surface area (TPSA) is 70.7 Å². The average molecular weight is 381 g/mol. The molecule has 2 aromatic carbocycles. The van der Waals surface area contributed by atoms with Gasteiger partial charge in [0, 0.05) is 24.3 Å². The van der Waals surface area contributed by atoms with Crippen LogP contribution in [0, 0.1) is 0 Å². The maximum atomic E-state index is 12.5. The number of hydrogen-bond donors (Lipinski definition) is 2. The molecule has 6 nitrogen and oxygen atoms in total. The third-order valence-corrected chi connectivity index (χ3v) is 4.48. The van der Waals surface area contributed by atoms with Crippen LogP contribution in [0.25, 0.3) is 0 Å². The van der Waals surface area contributed by atoms with Crippen molar-refractivity contribution in [2.24, 2.45) is 0 Å². The molecule has 0 atom stereocenters. The molecule has 1 fully saturated rings. The van der Waals surface area contributed by atoms with E-state index in [1.807, 2.05) is 61.2 Å². The Morgan fingerprint density at radius 2 is 1.82 bits per heavy atom. The van der Waals surface area contributed by atoms with Crippen LogP contribution in [0.3, 0.4) is 0 Å². The van der Waals surface area contributed by atoms with Crippen LogP contribution in [-0.4, -0.2) is 42.5 Å². The van der Waals surface area contributed by atoms with Crippen LogP contribution < -0.4 is 15.4 Å². The van der Waals surface area contributed by atoms with Crippen molar-refractivity contribution in [3.05, 3.63) is 54.1 Å². The van der Waals surface area contributed by atoms with E-state index in [1.54, 1.807) is 6.07 Å². The molecule has 0 aromatic heterocycles. The van der Waals surface area contributed by atoms with Crippen molar-refractivity contribution in [1.82, 2.24) is 4.90 Å². The lowest BCUT2D eigenvalue weighted by Gasteiger charge is -2.16. The second-order valence-electron chi connectivity index (χ2n) is 7.14. The minimum atomic E-state index is -0.184. The number of nitrogens with zero attached hydrogens (tertiary/aromatic N) is 1. The minimum Gasteiger partial charge on any atom is -0.489 e. The van der Waals surface area contributed by atoms with Crippen molar-refractivity contribution in [2.75, 3.05) is 30.3 Å². The number of hydrogen-bond acceptors (Lipinski definition) is 4. The number of carbonyl (C=O) groups excluding carboxylic acids is 2. The van der Waals surface area contributed by atoms with E-state index in [0.717, 1.165) is 31.6 Å². The molecule has 0 radical (unpaired) electrons. The lowest BCUT2D eigenvalue weighted by molar-refractivity contribution is -0.114. The molecule has 2 amide bonds. The summed E-state index contributed by atoms with van der Waals surface area (Å²) in [5, 5.41) is 5.95. The third kappa shape index (κ3) is 5.25. The van der Waals surface area contributed by atoms with Gasteiger partial charge in [-0.15, -0.1) is 0 Å². The summed E-state index contributed by atoms with van der Waals surface area (Å²) >= 11 is 0. The number of nitrogens with one attached hydrogen (secondary N) is 2. The summed E-state index contributed by atoms with van der Waals surface area (Å²) in [5.74, 6) is 0.505. The molecule has 2 N–H and O–H groups in total. The predicted octanol–water partition coefficient (Wildman–Crippen LogP) is 3.76. The van der Waals surface area contributed by atoms with Crippen molar-refractivity contribution >= 4 is 23.2 Å². The van der Waals surface area contributed by atoms with Crippen molar-refractivity contribution in [3.63, 3.8) is 0 Å². The Morgan fingerprint density at radius 3 is 2.57 bits per heavy atom. The Labute approximate surface area is 165 Å². The van der Waals surface area contributed by atoms with Crippen LogP contribution in [0.15, 0.2) is 48.5 Å². The summed E-state index contributed by atoms with van der Waals surface area (Å²) < 4.78 is 5.72. The van der Waals surface area contributed by atoms with E-state index in [4.69, 9.17) is 4.74 Å². The fourth-order valence-electron chi connectivity index (χ4n) is 3.17. The van der Waals surface area contributed by atoms with Crippen molar-refractivity contribution in [1.29, 1.82) is 0 Å². The van der Waals surface area contributed by atoms with Gasteiger partial charge in [-0.25, -0.2) is 0 Å². The largest absolute Gasteiger partial charge is 0.489 e. The van der Waals surface area contributed by atoms with E-state index in [0.29, 0.717) is 17.0 Å². The number of ether oxygens (including phenoxy) is 1. The fourth-order valence-corrected chi connectivity index (χ4v) is 3.17. The summed E-state index contributed by atoms with van der Waals surface area (Å²) in [4.78, 5) is 26.7. The molecule has 3 rings (SSSR count). The first-order chi connectivity index (χ1) is 13.5. The zero-order valence-electron chi connectivity index (χ0n) is 16.4. The lowest BCUT2D eigenvalue weighted by atomic mass is 10.1. The molecule has 2 aromatic rings. The highest BCUT2D eigenvalue weighted by atomic mass is 16.5. The summed E-state index contributed by atoms with van der Waals surface area (Å²) in [5.41, 5.74) is 2.02. The molecule has 0 saturated carbocycles. The molecular weight excluding hydrogens is 354 g/mol. The number of para-hydroxylation sites is 2. The third-order valence-electron chi connectivity index (χ3n) is 4.48. The van der Waals surface area contributed by atoms with Gasteiger partial charge < -0.3 is 20.3 Å². The van der Waals surface area contributed by atoms with E-state index in [2.05, 4.69) is 10.6 Å². The Balaban J connectivity index is 1.58. The van der Waals surface area contributed by atoms with Gasteiger partial charge in [0.05, 0.1) is 18.3 Å². The Morgan fingerprint density at radius 1 is 1.07 bits per heavy atom. The molecule has 0 bridgehead atoms. The molecule has 0 spiro atoms. The number of benzene rings is 2. The smallest absolute Gasteiger partial charge is 0.253 e. The van der Waals surface area contributed by atoms with Gasteiger partial charge in [-0.1, -0.05) is 18.2 Å². The van der Waals surface area contributed by atoms with E-state index in [1.165, 1.54) is 0 Å². The Kier molecular flexibility index (Phi) is 6.53. The van der Waals surface area contributed by atoms with E-state index < -0.39 is 0 Å². The average Bonchev–Trinajstić information content (AvgIpc) is 3.22. The molecule has 1 saturated heterocycles. The Bertz CT molecular complexity index is 829. The quantitative estimate of drug-likeness (QED) is 0.766. The highest BCUT2D eigenvalue weighted by Crippen LogP contribution is 2.24. The fraction of sp³-hybridized carbons (Fsp3) is 0.364. The van der Waals surface area contributed by atoms with Gasteiger partial charge >= 0.3 is 0 Å². The second kappa shape index (κ2) is 9.26. The van der Waals surface area contributed by atoms with Crippen LogP contribution >= 0.6 is 0 Å². The van der Waals surface area contributed by atoms with Crippen molar-refractivity contribution in [3.8, 4) is 5.75 Å². The second-order valence-corrected chi connectivity index (χ2v) is 7.14. The van der Waals surface area contributed by atoms with Gasteiger partial charge in [0.1, 0.15) is 5.75 Å². The number of carbonyl (C=O) groups is 2. The van der Waals surface area contributed by atoms with Crippen LogP contribution in [0.2, 0.25) is 0 Å². The van der Waals surface area contributed by atoms with Gasteiger partial charge in [-0.05, 0) is 57.0 Å². The van der Waals surface area contributed by atoms with E-state index in [9.17, 15) is 9.59 Å². The van der Waals surface area contributed by atoms with E-state index in [-0.39, 0.29) is 24.5 Å². The zero-order valence-corrected chi connectivity index (χ0v) is 16.4. The van der Waals surface area contributed by atoms with Gasteiger partial charge in [0.15, 0.2) is 0 Å². The van der Waals surface area contributed by atoms with Gasteiger partial charge in [0.2, 0.25) is 5.91 Å². The maximum Gasteiger partial charge on any atom is 0.253 e. The molecule has 1 heterocycles. The highest BCUT2D eigenvalue weighted by molar-refractivity contribution is 5.96. The van der Waals surface area contributed by atoms with Crippen LogP contribution in [0.4, 0.5) is 11.4 Å². The summed E-state index contributed by atoms with van der Waals surface area (Å²) in [7, 11) is 0. The van der Waals surface area contributed by atoms with Gasteiger partial charge in [-0.3, -0.25) is 9.59 Å². The van der Waals surface area contributed by atoms with Gasteiger partial charge in [0.25, 0.3) is 5.91 Å². The number of rotatable bonds is 7. The number of anilines is 2. The standard InChI is InChI=1S/C22H27N3O3/c1-16(2)28-20-11-4-3-10-19(20)24-21(26)15-23-18-9-7-8-17(14-18)22(27)25-12-5-6-13-25/h3-4,7-11,14,16,23H,5-6,12-13,15H2,1-2H3,(H,24,26). The first-order valence-electron chi connectivity index (χ1n) is 9.71. The number of amides is 2. The molecule has 1 aliphatic rings. The molecule has 1 aliphatic heterocycles. The van der Waals surface area contributed by atoms with Crippen molar-refractivity contribution < 1.29 is 14.3 Å². The SMILES string of the molecule is CC(C)Oc1ccccc1NC(=O)CNc1cccc(C(=O)N2CCCC2)c1. The van der Waals surface area contributed by atoms with Crippen LogP contribution in [0.5, 0.6) is 5.75 Å². The molecule has 148 valence electrons. The molecular formula is C22H27N3O3. The van der Waals surface area contributed by atoms with Crippen LogP contribution in [0.1, 0.15) is 37.0 Å². The Hall–Kier alpha value is -3.02. The zero-order chi connectivity index (χ0) is 19.9. The first kappa shape index (κ1) is 19.7.